The van der Waals surface area contributed by atoms with Crippen LogP contribution in [0.25, 0.3) is 6.08 Å². The zero-order valence-electron chi connectivity index (χ0n) is 10.0. The molecule has 2 rings (SSSR count). The van der Waals surface area contributed by atoms with Gasteiger partial charge in [-0.25, -0.2) is 0 Å². The van der Waals surface area contributed by atoms with E-state index in [1.807, 2.05) is 26.0 Å². The minimum absolute atomic E-state index is 0.117. The number of hydrogen-bond acceptors (Lipinski definition) is 3. The molecule has 0 N–H and O–H groups in total. The fourth-order valence-electron chi connectivity index (χ4n) is 1.64. The van der Waals surface area contributed by atoms with Gasteiger partial charge in [0.15, 0.2) is 0 Å². The second-order valence-corrected chi connectivity index (χ2v) is 5.63. The third-order valence-corrected chi connectivity index (χ3v) is 3.64. The quantitative estimate of drug-likeness (QED) is 0.774. The van der Waals surface area contributed by atoms with E-state index in [-0.39, 0.29) is 17.2 Å². The van der Waals surface area contributed by atoms with Gasteiger partial charge in [-0.2, -0.15) is 0 Å². The summed E-state index contributed by atoms with van der Waals surface area (Å²) < 4.78 is 0. The average Bonchev–Trinajstić information content (AvgIpc) is 2.57. The number of benzene rings is 1. The Morgan fingerprint density at radius 1 is 1.22 bits per heavy atom. The first-order valence-corrected chi connectivity index (χ1v) is 6.71. The van der Waals surface area contributed by atoms with Crippen molar-refractivity contribution in [1.29, 1.82) is 0 Å². The number of rotatable bonds is 2. The summed E-state index contributed by atoms with van der Waals surface area (Å²) in [6.07, 6.45) is 1.71. The third kappa shape index (κ3) is 2.60. The van der Waals surface area contributed by atoms with Gasteiger partial charge in [0.1, 0.15) is 0 Å². The fourth-order valence-corrected chi connectivity index (χ4v) is 2.72. The van der Waals surface area contributed by atoms with Gasteiger partial charge in [-0.05, 0) is 49.4 Å². The van der Waals surface area contributed by atoms with Gasteiger partial charge in [-0.15, -0.1) is 0 Å². The monoisotopic (exact) mass is 281 g/mol. The molecule has 0 aliphatic carbocycles. The van der Waals surface area contributed by atoms with Gasteiger partial charge in [0.05, 0.1) is 4.91 Å². The number of carbonyl (C=O) groups excluding carboxylic acids is 2. The van der Waals surface area contributed by atoms with Crippen LogP contribution >= 0.6 is 23.4 Å². The molecule has 0 spiro atoms. The number of imide groups is 1. The number of halogens is 1. The molecule has 1 aliphatic heterocycles. The molecule has 0 aromatic heterocycles. The van der Waals surface area contributed by atoms with Crippen LogP contribution in [0.5, 0.6) is 0 Å². The van der Waals surface area contributed by atoms with E-state index in [1.165, 1.54) is 4.90 Å². The van der Waals surface area contributed by atoms with E-state index >= 15 is 0 Å². The molecule has 0 saturated carbocycles. The summed E-state index contributed by atoms with van der Waals surface area (Å²) in [7, 11) is 0. The van der Waals surface area contributed by atoms with Crippen LogP contribution in [0.15, 0.2) is 29.2 Å². The Labute approximate surface area is 115 Å². The normalized spacial score (nSPS) is 18.2. The topological polar surface area (TPSA) is 37.4 Å². The fraction of sp³-hybridized carbons (Fsp3) is 0.231. The predicted molar refractivity (Wildman–Crippen MR) is 74.4 cm³/mol. The van der Waals surface area contributed by atoms with Crippen LogP contribution in [-0.4, -0.2) is 22.1 Å². The summed E-state index contributed by atoms with van der Waals surface area (Å²) in [4.78, 5) is 25.4. The van der Waals surface area contributed by atoms with Crippen molar-refractivity contribution in [1.82, 2.24) is 4.90 Å². The first-order valence-electron chi connectivity index (χ1n) is 5.51. The SMILES string of the molecule is CC(C)N1C(=O)SC(=Cc2ccc(Cl)cc2)C1=O. The Morgan fingerprint density at radius 2 is 1.83 bits per heavy atom. The van der Waals surface area contributed by atoms with Crippen molar-refractivity contribution in [3.8, 4) is 0 Å². The van der Waals surface area contributed by atoms with E-state index in [0.717, 1.165) is 17.3 Å². The molecule has 1 heterocycles. The highest BCUT2D eigenvalue weighted by Crippen LogP contribution is 2.33. The lowest BCUT2D eigenvalue weighted by Gasteiger charge is -2.16. The smallest absolute Gasteiger partial charge is 0.268 e. The molecule has 94 valence electrons. The molecule has 0 bridgehead atoms. The minimum Gasteiger partial charge on any atom is -0.268 e. The molecule has 1 saturated heterocycles. The van der Waals surface area contributed by atoms with Gasteiger partial charge in [-0.1, -0.05) is 23.7 Å². The molecule has 1 aliphatic rings. The van der Waals surface area contributed by atoms with Crippen molar-refractivity contribution in [2.45, 2.75) is 19.9 Å². The summed E-state index contributed by atoms with van der Waals surface area (Å²) >= 11 is 6.76. The van der Waals surface area contributed by atoms with E-state index in [0.29, 0.717) is 9.93 Å². The zero-order chi connectivity index (χ0) is 13.3. The molecule has 1 aromatic rings. The average molecular weight is 282 g/mol. The molecule has 0 unspecified atom stereocenters. The van der Waals surface area contributed by atoms with Crippen molar-refractivity contribution in [3.05, 3.63) is 39.8 Å². The number of carbonyl (C=O) groups is 2. The lowest BCUT2D eigenvalue weighted by Crippen LogP contribution is -2.34. The van der Waals surface area contributed by atoms with E-state index in [2.05, 4.69) is 0 Å². The largest absolute Gasteiger partial charge is 0.293 e. The molecule has 5 heteroatoms. The standard InChI is InChI=1S/C13H12ClNO2S/c1-8(2)15-12(16)11(18-13(15)17)7-9-3-5-10(14)6-4-9/h3-8H,1-2H3. The molecule has 0 radical (unpaired) electrons. The second kappa shape index (κ2) is 5.16. The van der Waals surface area contributed by atoms with Gasteiger partial charge in [0, 0.05) is 11.1 Å². The minimum atomic E-state index is -0.227. The van der Waals surface area contributed by atoms with E-state index < -0.39 is 0 Å². The summed E-state index contributed by atoms with van der Waals surface area (Å²) in [5, 5.41) is 0.428. The highest BCUT2D eigenvalue weighted by atomic mass is 35.5. The van der Waals surface area contributed by atoms with Crippen LogP contribution in [0.1, 0.15) is 19.4 Å². The molecule has 2 amide bonds. The van der Waals surface area contributed by atoms with Gasteiger partial charge in [0.25, 0.3) is 11.1 Å². The number of thioether (sulfide) groups is 1. The molecule has 1 aromatic carbocycles. The van der Waals surface area contributed by atoms with Crippen LogP contribution in [0.2, 0.25) is 5.02 Å². The molecule has 3 nitrogen and oxygen atoms in total. The Balaban J connectivity index is 2.28. The summed E-state index contributed by atoms with van der Waals surface area (Å²) in [5.74, 6) is -0.227. The molecular formula is C13H12ClNO2S. The second-order valence-electron chi connectivity index (χ2n) is 4.20. The Bertz CT molecular complexity index is 522. The van der Waals surface area contributed by atoms with Crippen molar-refractivity contribution in [3.63, 3.8) is 0 Å². The summed E-state index contributed by atoms with van der Waals surface area (Å²) in [6.45, 7) is 3.64. The maximum atomic E-state index is 12.0. The Hall–Kier alpha value is -1.26. The van der Waals surface area contributed by atoms with E-state index in [9.17, 15) is 9.59 Å². The summed E-state index contributed by atoms with van der Waals surface area (Å²) in [5.41, 5.74) is 0.855. The maximum absolute atomic E-state index is 12.0. The van der Waals surface area contributed by atoms with E-state index in [1.54, 1.807) is 18.2 Å². The first kappa shape index (κ1) is 13.2. The Morgan fingerprint density at radius 3 is 2.33 bits per heavy atom. The van der Waals surface area contributed by atoms with Crippen LogP contribution in [-0.2, 0) is 4.79 Å². The maximum Gasteiger partial charge on any atom is 0.293 e. The van der Waals surface area contributed by atoms with Crippen molar-refractivity contribution < 1.29 is 9.59 Å². The van der Waals surface area contributed by atoms with Gasteiger partial charge in [-0.3, -0.25) is 14.5 Å². The molecule has 18 heavy (non-hydrogen) atoms. The van der Waals surface area contributed by atoms with Crippen LogP contribution in [0.4, 0.5) is 4.79 Å². The van der Waals surface area contributed by atoms with Gasteiger partial charge >= 0.3 is 0 Å². The number of nitrogens with zero attached hydrogens (tertiary/aromatic N) is 1. The molecular weight excluding hydrogens is 270 g/mol. The first-order chi connectivity index (χ1) is 8.49. The van der Waals surface area contributed by atoms with Crippen molar-refractivity contribution >= 4 is 40.6 Å². The van der Waals surface area contributed by atoms with Crippen molar-refractivity contribution in [2.24, 2.45) is 0 Å². The lowest BCUT2D eigenvalue weighted by molar-refractivity contribution is -0.123. The Kier molecular flexibility index (Phi) is 3.78. The van der Waals surface area contributed by atoms with Crippen LogP contribution < -0.4 is 0 Å². The highest BCUT2D eigenvalue weighted by molar-refractivity contribution is 8.18. The van der Waals surface area contributed by atoms with Gasteiger partial charge < -0.3 is 0 Å². The zero-order valence-corrected chi connectivity index (χ0v) is 11.6. The predicted octanol–water partition coefficient (Wildman–Crippen LogP) is 3.78. The van der Waals surface area contributed by atoms with Crippen LogP contribution in [0, 0.1) is 0 Å². The molecule has 1 fully saturated rings. The lowest BCUT2D eigenvalue weighted by atomic mass is 10.2. The molecule has 0 atom stereocenters. The third-order valence-electron chi connectivity index (χ3n) is 2.51. The van der Waals surface area contributed by atoms with Gasteiger partial charge in [0.2, 0.25) is 0 Å². The summed E-state index contributed by atoms with van der Waals surface area (Å²) in [6, 6.07) is 7.01. The van der Waals surface area contributed by atoms with E-state index in [4.69, 9.17) is 11.6 Å². The van der Waals surface area contributed by atoms with Crippen molar-refractivity contribution in [2.75, 3.05) is 0 Å². The number of hydrogen-bond donors (Lipinski definition) is 0. The number of amides is 2. The highest BCUT2D eigenvalue weighted by Gasteiger charge is 2.36. The van der Waals surface area contributed by atoms with Crippen LogP contribution in [0.3, 0.4) is 0 Å².